The minimum absolute atomic E-state index is 0.274. The van der Waals surface area contributed by atoms with Crippen molar-refractivity contribution in [3.8, 4) is 0 Å². The molecule has 0 saturated heterocycles. The summed E-state index contributed by atoms with van der Waals surface area (Å²) in [5, 5.41) is 5.24. The van der Waals surface area contributed by atoms with Crippen LogP contribution < -0.4 is 11.3 Å². The van der Waals surface area contributed by atoms with Gasteiger partial charge in [-0.1, -0.05) is 18.5 Å². The fraction of sp³-hybridized carbons (Fsp3) is 0.769. The summed E-state index contributed by atoms with van der Waals surface area (Å²) in [5.74, 6) is 7.13. The van der Waals surface area contributed by atoms with Crippen LogP contribution in [0.15, 0.2) is 0 Å². The first kappa shape index (κ1) is 13.8. The molecular weight excluding hydrogens is 248 g/mol. The molecule has 2 unspecified atom stereocenters. The van der Waals surface area contributed by atoms with Crippen LogP contribution in [-0.2, 0) is 13.0 Å². The fourth-order valence-corrected chi connectivity index (χ4v) is 2.83. The second-order valence-corrected chi connectivity index (χ2v) is 5.71. The number of aromatic nitrogens is 2. The van der Waals surface area contributed by atoms with Crippen molar-refractivity contribution in [1.29, 1.82) is 0 Å². The summed E-state index contributed by atoms with van der Waals surface area (Å²) in [4.78, 5) is 0. The molecule has 1 fully saturated rings. The van der Waals surface area contributed by atoms with E-state index in [0.29, 0.717) is 5.92 Å². The van der Waals surface area contributed by atoms with Crippen LogP contribution >= 0.6 is 11.6 Å². The molecule has 1 aliphatic carbocycles. The molecule has 0 aliphatic heterocycles. The largest absolute Gasteiger partial charge is 0.271 e. The topological polar surface area (TPSA) is 55.9 Å². The van der Waals surface area contributed by atoms with E-state index in [2.05, 4.69) is 24.4 Å². The van der Waals surface area contributed by atoms with Crippen molar-refractivity contribution in [3.05, 3.63) is 16.4 Å². The molecule has 2 atom stereocenters. The van der Waals surface area contributed by atoms with E-state index in [1.54, 1.807) is 0 Å². The zero-order chi connectivity index (χ0) is 13.3. The molecule has 0 amide bonds. The Morgan fingerprint density at radius 2 is 2.22 bits per heavy atom. The van der Waals surface area contributed by atoms with Gasteiger partial charge in [-0.15, -0.1) is 0 Å². The van der Waals surface area contributed by atoms with E-state index in [4.69, 9.17) is 17.4 Å². The van der Waals surface area contributed by atoms with Crippen LogP contribution in [0.1, 0.15) is 38.1 Å². The maximum absolute atomic E-state index is 6.34. The highest BCUT2D eigenvalue weighted by molar-refractivity contribution is 6.31. The molecule has 4 nitrogen and oxygen atoms in total. The van der Waals surface area contributed by atoms with Gasteiger partial charge in [0.05, 0.1) is 16.4 Å². The highest BCUT2D eigenvalue weighted by Crippen LogP contribution is 2.39. The molecule has 102 valence electrons. The third-order valence-electron chi connectivity index (χ3n) is 4.08. The number of hydrogen-bond donors (Lipinski definition) is 2. The predicted octanol–water partition coefficient (Wildman–Crippen LogP) is 2.29. The SMILES string of the molecule is CCn1nc(C)c(Cl)c1CC(NN)C(C)C1CC1. The first-order valence-electron chi connectivity index (χ1n) is 6.76. The average Bonchev–Trinajstić information content (AvgIpc) is 3.17. The first-order chi connectivity index (χ1) is 8.58. The molecule has 3 N–H and O–H groups in total. The highest BCUT2D eigenvalue weighted by atomic mass is 35.5. The lowest BCUT2D eigenvalue weighted by Gasteiger charge is -2.23. The van der Waals surface area contributed by atoms with Gasteiger partial charge in [-0.25, -0.2) is 0 Å². The molecule has 1 aromatic heterocycles. The smallest absolute Gasteiger partial charge is 0.0847 e. The van der Waals surface area contributed by atoms with E-state index < -0.39 is 0 Å². The van der Waals surface area contributed by atoms with Crippen molar-refractivity contribution in [2.75, 3.05) is 0 Å². The standard InChI is InChI=1S/C13H23ClN4/c1-4-18-12(13(14)9(3)17-18)7-11(16-15)8(2)10-5-6-10/h8,10-11,16H,4-7,15H2,1-3H3. The van der Waals surface area contributed by atoms with Gasteiger partial charge in [0.2, 0.25) is 0 Å². The molecule has 0 aromatic carbocycles. The van der Waals surface area contributed by atoms with Crippen LogP contribution in [0, 0.1) is 18.8 Å². The Morgan fingerprint density at radius 1 is 1.56 bits per heavy atom. The summed E-state index contributed by atoms with van der Waals surface area (Å²) in [6.45, 7) is 7.16. The molecule has 5 heteroatoms. The Hall–Kier alpha value is -0.580. The van der Waals surface area contributed by atoms with Crippen molar-refractivity contribution >= 4 is 11.6 Å². The van der Waals surface area contributed by atoms with Crippen LogP contribution in [0.4, 0.5) is 0 Å². The lowest BCUT2D eigenvalue weighted by molar-refractivity contribution is 0.337. The van der Waals surface area contributed by atoms with E-state index in [1.165, 1.54) is 12.8 Å². The monoisotopic (exact) mass is 270 g/mol. The van der Waals surface area contributed by atoms with E-state index in [1.807, 2.05) is 11.6 Å². The van der Waals surface area contributed by atoms with Gasteiger partial charge in [0, 0.05) is 19.0 Å². The summed E-state index contributed by atoms with van der Waals surface area (Å²) in [6.07, 6.45) is 3.51. The van der Waals surface area contributed by atoms with Gasteiger partial charge in [0.1, 0.15) is 0 Å². The van der Waals surface area contributed by atoms with Crippen LogP contribution in [0.5, 0.6) is 0 Å². The van der Waals surface area contributed by atoms with Crippen molar-refractivity contribution in [2.24, 2.45) is 17.7 Å². The Balaban J connectivity index is 2.15. The van der Waals surface area contributed by atoms with Gasteiger partial charge in [-0.05, 0) is 38.5 Å². The molecule has 0 bridgehead atoms. The quantitative estimate of drug-likeness (QED) is 0.616. The average molecular weight is 271 g/mol. The van der Waals surface area contributed by atoms with E-state index in [-0.39, 0.29) is 6.04 Å². The lowest BCUT2D eigenvalue weighted by atomic mass is 9.93. The maximum atomic E-state index is 6.34. The summed E-state index contributed by atoms with van der Waals surface area (Å²) in [5.41, 5.74) is 4.97. The Morgan fingerprint density at radius 3 is 2.72 bits per heavy atom. The number of hydrazine groups is 1. The van der Waals surface area contributed by atoms with Gasteiger partial charge >= 0.3 is 0 Å². The third-order valence-corrected chi connectivity index (χ3v) is 4.57. The van der Waals surface area contributed by atoms with Gasteiger partial charge in [-0.2, -0.15) is 5.10 Å². The van der Waals surface area contributed by atoms with Gasteiger partial charge < -0.3 is 0 Å². The summed E-state index contributed by atoms with van der Waals surface area (Å²) < 4.78 is 1.99. The summed E-state index contributed by atoms with van der Waals surface area (Å²) in [6, 6.07) is 0.274. The number of nitrogens with one attached hydrogen (secondary N) is 1. The van der Waals surface area contributed by atoms with Crippen LogP contribution in [0.3, 0.4) is 0 Å². The highest BCUT2D eigenvalue weighted by Gasteiger charge is 2.33. The van der Waals surface area contributed by atoms with Crippen molar-refractivity contribution < 1.29 is 0 Å². The van der Waals surface area contributed by atoms with E-state index >= 15 is 0 Å². The molecule has 0 spiro atoms. The number of nitrogens with zero attached hydrogens (tertiary/aromatic N) is 2. The van der Waals surface area contributed by atoms with Gasteiger partial charge in [-0.3, -0.25) is 16.0 Å². The zero-order valence-corrected chi connectivity index (χ0v) is 12.2. The molecule has 2 rings (SSSR count). The van der Waals surface area contributed by atoms with Crippen LogP contribution in [-0.4, -0.2) is 15.8 Å². The van der Waals surface area contributed by atoms with E-state index in [9.17, 15) is 0 Å². The van der Waals surface area contributed by atoms with E-state index in [0.717, 1.165) is 35.3 Å². The number of aryl methyl sites for hydroxylation is 2. The number of halogens is 1. The Kier molecular flexibility index (Phi) is 4.30. The van der Waals surface area contributed by atoms with Gasteiger partial charge in [0.25, 0.3) is 0 Å². The maximum Gasteiger partial charge on any atom is 0.0847 e. The third kappa shape index (κ3) is 2.71. The second-order valence-electron chi connectivity index (χ2n) is 5.34. The molecule has 18 heavy (non-hydrogen) atoms. The summed E-state index contributed by atoms with van der Waals surface area (Å²) in [7, 11) is 0. The van der Waals surface area contributed by atoms with Crippen LogP contribution in [0.2, 0.25) is 5.02 Å². The molecular formula is C13H23ClN4. The van der Waals surface area contributed by atoms with Crippen LogP contribution in [0.25, 0.3) is 0 Å². The second kappa shape index (κ2) is 5.59. The minimum atomic E-state index is 0.274. The van der Waals surface area contributed by atoms with Crippen molar-refractivity contribution in [2.45, 2.75) is 52.6 Å². The Bertz CT molecular complexity index is 411. The molecule has 1 aromatic rings. The molecule has 0 radical (unpaired) electrons. The zero-order valence-electron chi connectivity index (χ0n) is 11.4. The lowest BCUT2D eigenvalue weighted by Crippen LogP contribution is -2.42. The molecule has 1 heterocycles. The number of nitrogens with two attached hydrogens (primary N) is 1. The number of hydrogen-bond acceptors (Lipinski definition) is 3. The van der Waals surface area contributed by atoms with Crippen molar-refractivity contribution in [3.63, 3.8) is 0 Å². The Labute approximate surface area is 114 Å². The minimum Gasteiger partial charge on any atom is -0.271 e. The predicted molar refractivity (Wildman–Crippen MR) is 74.4 cm³/mol. The van der Waals surface area contributed by atoms with Crippen molar-refractivity contribution in [1.82, 2.24) is 15.2 Å². The summed E-state index contributed by atoms with van der Waals surface area (Å²) >= 11 is 6.34. The molecule has 1 aliphatic rings. The first-order valence-corrected chi connectivity index (χ1v) is 7.14. The normalized spacial score (nSPS) is 18.9. The molecule has 1 saturated carbocycles. The number of rotatable bonds is 6. The van der Waals surface area contributed by atoms with Gasteiger partial charge in [0.15, 0.2) is 0 Å². The fourth-order valence-electron chi connectivity index (χ4n) is 2.62.